The van der Waals surface area contributed by atoms with Gasteiger partial charge in [0.1, 0.15) is 12.0 Å². The highest BCUT2D eigenvalue weighted by molar-refractivity contribution is 6.01. The highest BCUT2D eigenvalue weighted by atomic mass is 16.5. The number of esters is 1. The lowest BCUT2D eigenvalue weighted by molar-refractivity contribution is -0.159. The van der Waals surface area contributed by atoms with E-state index < -0.39 is 35.5 Å². The van der Waals surface area contributed by atoms with Crippen LogP contribution in [0, 0.1) is 11.3 Å². The molecule has 1 heterocycles. The van der Waals surface area contributed by atoms with E-state index in [1.807, 2.05) is 20.8 Å². The van der Waals surface area contributed by atoms with E-state index in [4.69, 9.17) is 9.47 Å². The second kappa shape index (κ2) is 7.05. The Bertz CT molecular complexity index is 466. The van der Waals surface area contributed by atoms with Gasteiger partial charge < -0.3 is 9.47 Å². The number of rotatable bonds is 5. The van der Waals surface area contributed by atoms with Crippen molar-refractivity contribution in [2.75, 3.05) is 13.7 Å². The van der Waals surface area contributed by atoms with Crippen molar-refractivity contribution in [2.45, 2.75) is 46.4 Å². The lowest BCUT2D eigenvalue weighted by Gasteiger charge is -2.36. The number of nitrogens with zero attached hydrogens (tertiary/aromatic N) is 1. The van der Waals surface area contributed by atoms with E-state index >= 15 is 0 Å². The molecule has 6 nitrogen and oxygen atoms in total. The van der Waals surface area contributed by atoms with Crippen LogP contribution >= 0.6 is 0 Å². The molecule has 0 saturated carbocycles. The van der Waals surface area contributed by atoms with Crippen LogP contribution < -0.4 is 0 Å². The van der Waals surface area contributed by atoms with Gasteiger partial charge in [-0.3, -0.25) is 14.5 Å². The van der Waals surface area contributed by atoms with Crippen LogP contribution in [0.25, 0.3) is 0 Å². The van der Waals surface area contributed by atoms with Crippen molar-refractivity contribution in [2.24, 2.45) is 11.3 Å². The van der Waals surface area contributed by atoms with Crippen LogP contribution in [0.5, 0.6) is 0 Å². The van der Waals surface area contributed by atoms with Gasteiger partial charge in [-0.1, -0.05) is 26.8 Å². The van der Waals surface area contributed by atoms with E-state index in [0.29, 0.717) is 0 Å². The molecule has 1 rings (SSSR count). The van der Waals surface area contributed by atoms with Crippen LogP contribution in [0.1, 0.15) is 34.1 Å². The summed E-state index contributed by atoms with van der Waals surface area (Å²) in [6, 6.07) is -0.826. The van der Waals surface area contributed by atoms with Crippen molar-refractivity contribution in [3.05, 3.63) is 12.7 Å². The van der Waals surface area contributed by atoms with E-state index in [1.165, 1.54) is 25.0 Å². The highest BCUT2D eigenvalue weighted by Crippen LogP contribution is 2.33. The molecule has 3 atom stereocenters. The van der Waals surface area contributed by atoms with Gasteiger partial charge >= 0.3 is 5.97 Å². The molecule has 0 aromatic rings. The molecular formula is C16H25NO5. The predicted octanol–water partition coefficient (Wildman–Crippen LogP) is 1.54. The van der Waals surface area contributed by atoms with Gasteiger partial charge in [0.15, 0.2) is 6.04 Å². The standard InChI is InChI=1S/C16H25NO5/c1-7-8-11(10(2)18)13(19)17-12(14(20)21-6)9-22-15(17)16(3,4)5/h7,11-12,15H,1,8-9H2,2-6H3/t11-,12-,15+/m1/s1. The van der Waals surface area contributed by atoms with E-state index in [-0.39, 0.29) is 18.8 Å². The molecule has 1 aliphatic heterocycles. The second-order valence-electron chi connectivity index (χ2n) is 6.52. The summed E-state index contributed by atoms with van der Waals surface area (Å²) in [5.41, 5.74) is -0.395. The van der Waals surface area contributed by atoms with Crippen LogP contribution in [-0.4, -0.2) is 48.5 Å². The van der Waals surface area contributed by atoms with Gasteiger partial charge in [0.2, 0.25) is 5.91 Å². The van der Waals surface area contributed by atoms with Crippen LogP contribution in [0.4, 0.5) is 0 Å². The zero-order valence-electron chi connectivity index (χ0n) is 13.9. The SMILES string of the molecule is C=CC[C@H](C(C)=O)C(=O)N1[C@@H](C(=O)OC)CO[C@H]1C(C)(C)C. The topological polar surface area (TPSA) is 72.9 Å². The first kappa shape index (κ1) is 18.4. The van der Waals surface area contributed by atoms with Gasteiger partial charge in [-0.2, -0.15) is 0 Å². The number of hydrogen-bond acceptors (Lipinski definition) is 5. The largest absolute Gasteiger partial charge is 0.467 e. The van der Waals surface area contributed by atoms with Gasteiger partial charge in [0.05, 0.1) is 19.6 Å². The third-order valence-electron chi connectivity index (χ3n) is 3.66. The Labute approximate surface area is 131 Å². The third-order valence-corrected chi connectivity index (χ3v) is 3.66. The van der Waals surface area contributed by atoms with Crippen LogP contribution in [0.2, 0.25) is 0 Å². The van der Waals surface area contributed by atoms with Crippen molar-refractivity contribution in [1.82, 2.24) is 4.90 Å². The molecule has 0 unspecified atom stereocenters. The Kier molecular flexibility index (Phi) is 5.88. The van der Waals surface area contributed by atoms with Gasteiger partial charge in [0, 0.05) is 5.41 Å². The summed E-state index contributed by atoms with van der Waals surface area (Å²) in [5.74, 6) is -2.06. The molecule has 0 aliphatic carbocycles. The molecule has 22 heavy (non-hydrogen) atoms. The molecule has 1 aliphatic rings. The Hall–Kier alpha value is -1.69. The number of methoxy groups -OCH3 is 1. The number of hydrogen-bond donors (Lipinski definition) is 0. The lowest BCUT2D eigenvalue weighted by atomic mass is 9.91. The molecule has 0 aromatic heterocycles. The van der Waals surface area contributed by atoms with E-state index in [9.17, 15) is 14.4 Å². The van der Waals surface area contributed by atoms with Gasteiger partial charge in [0.25, 0.3) is 0 Å². The fraction of sp³-hybridized carbons (Fsp3) is 0.688. The summed E-state index contributed by atoms with van der Waals surface area (Å²) in [5, 5.41) is 0. The van der Waals surface area contributed by atoms with Crippen molar-refractivity contribution in [3.63, 3.8) is 0 Å². The predicted molar refractivity (Wildman–Crippen MR) is 80.8 cm³/mol. The smallest absolute Gasteiger partial charge is 0.331 e. The average molecular weight is 311 g/mol. The number of carbonyl (C=O) groups excluding carboxylic acids is 3. The molecule has 0 N–H and O–H groups in total. The minimum absolute atomic E-state index is 0.0685. The molecule has 1 saturated heterocycles. The maximum atomic E-state index is 12.8. The number of ketones is 1. The second-order valence-corrected chi connectivity index (χ2v) is 6.52. The quantitative estimate of drug-likeness (QED) is 0.437. The number of ether oxygens (including phenoxy) is 2. The fourth-order valence-electron chi connectivity index (χ4n) is 2.55. The zero-order chi connectivity index (χ0) is 17.1. The molecule has 0 spiro atoms. The van der Waals surface area contributed by atoms with Crippen molar-refractivity contribution < 1.29 is 23.9 Å². The monoisotopic (exact) mass is 311 g/mol. The first-order chi connectivity index (χ1) is 10.1. The van der Waals surface area contributed by atoms with E-state index in [2.05, 4.69) is 6.58 Å². The summed E-state index contributed by atoms with van der Waals surface area (Å²) >= 11 is 0. The first-order valence-corrected chi connectivity index (χ1v) is 7.28. The summed E-state index contributed by atoms with van der Waals surface area (Å²) in [6.07, 6.45) is 1.17. The Balaban J connectivity index is 3.18. The molecule has 1 fully saturated rings. The summed E-state index contributed by atoms with van der Waals surface area (Å²) in [7, 11) is 1.27. The highest BCUT2D eigenvalue weighted by Gasteiger charge is 2.49. The summed E-state index contributed by atoms with van der Waals surface area (Å²) < 4.78 is 10.4. The minimum atomic E-state index is -0.851. The average Bonchev–Trinajstić information content (AvgIpc) is 2.87. The fourth-order valence-corrected chi connectivity index (χ4v) is 2.55. The lowest BCUT2D eigenvalue weighted by Crippen LogP contribution is -2.53. The van der Waals surface area contributed by atoms with Crippen molar-refractivity contribution in [3.8, 4) is 0 Å². The van der Waals surface area contributed by atoms with Gasteiger partial charge in [-0.05, 0) is 13.3 Å². The van der Waals surface area contributed by atoms with Crippen molar-refractivity contribution in [1.29, 1.82) is 0 Å². The molecule has 0 bridgehead atoms. The Morgan fingerprint density at radius 3 is 2.41 bits per heavy atom. The molecule has 0 radical (unpaired) electrons. The maximum absolute atomic E-state index is 12.8. The van der Waals surface area contributed by atoms with E-state index in [1.54, 1.807) is 0 Å². The molecule has 124 valence electrons. The number of amides is 1. The molecule has 6 heteroatoms. The number of Topliss-reactive ketones (excluding diaryl/α,β-unsaturated/α-hetero) is 1. The maximum Gasteiger partial charge on any atom is 0.331 e. The first-order valence-electron chi connectivity index (χ1n) is 7.28. The minimum Gasteiger partial charge on any atom is -0.467 e. The summed E-state index contributed by atoms with van der Waals surface area (Å²) in [4.78, 5) is 37.9. The molecule has 1 amide bonds. The Morgan fingerprint density at radius 2 is 2.00 bits per heavy atom. The van der Waals surface area contributed by atoms with Crippen LogP contribution in [0.3, 0.4) is 0 Å². The van der Waals surface area contributed by atoms with Crippen LogP contribution in [0.15, 0.2) is 12.7 Å². The molecule has 0 aromatic carbocycles. The van der Waals surface area contributed by atoms with Gasteiger partial charge in [-0.15, -0.1) is 6.58 Å². The zero-order valence-corrected chi connectivity index (χ0v) is 13.9. The van der Waals surface area contributed by atoms with Crippen LogP contribution in [-0.2, 0) is 23.9 Å². The molecular weight excluding hydrogens is 286 g/mol. The normalized spacial score (nSPS) is 23.0. The number of allylic oxidation sites excluding steroid dienone is 1. The van der Waals surface area contributed by atoms with Gasteiger partial charge in [-0.25, -0.2) is 4.79 Å². The number of carbonyl (C=O) groups is 3. The summed E-state index contributed by atoms with van der Waals surface area (Å²) in [6.45, 7) is 10.7. The Morgan fingerprint density at radius 1 is 1.41 bits per heavy atom. The third kappa shape index (κ3) is 3.74. The van der Waals surface area contributed by atoms with Crippen molar-refractivity contribution >= 4 is 17.7 Å². The van der Waals surface area contributed by atoms with E-state index in [0.717, 1.165) is 0 Å².